The summed E-state index contributed by atoms with van der Waals surface area (Å²) in [5.74, 6) is -0.533. The topological polar surface area (TPSA) is 71.0 Å². The van der Waals surface area contributed by atoms with Gasteiger partial charge in [0, 0.05) is 18.8 Å². The van der Waals surface area contributed by atoms with Crippen molar-refractivity contribution in [3.8, 4) is 5.75 Å². The molecule has 1 N–H and O–H groups in total. The first-order valence-corrected chi connectivity index (χ1v) is 10.8. The van der Waals surface area contributed by atoms with Crippen LogP contribution < -0.4 is 10.1 Å². The minimum atomic E-state index is -0.399. The zero-order chi connectivity index (χ0) is 22.4. The molecule has 6 nitrogen and oxygen atoms in total. The summed E-state index contributed by atoms with van der Waals surface area (Å²) in [6.07, 6.45) is 1.75. The van der Waals surface area contributed by atoms with Crippen LogP contribution in [0.25, 0.3) is 6.08 Å². The van der Waals surface area contributed by atoms with Gasteiger partial charge in [-0.15, -0.1) is 0 Å². The Morgan fingerprint density at radius 1 is 1.26 bits per heavy atom. The summed E-state index contributed by atoms with van der Waals surface area (Å²) in [5.41, 5.74) is 1.20. The molecule has 0 atom stereocenters. The number of anilines is 1. The second-order valence-electron chi connectivity index (χ2n) is 6.45. The normalized spacial score (nSPS) is 16.3. The molecule has 31 heavy (non-hydrogen) atoms. The average molecular weight is 462 g/mol. The molecular weight excluding hydrogens is 441 g/mol. The van der Waals surface area contributed by atoms with Gasteiger partial charge in [-0.1, -0.05) is 17.7 Å². The lowest BCUT2D eigenvalue weighted by molar-refractivity contribution is -0.122. The molecular formula is C22H21ClFN3O3S. The van der Waals surface area contributed by atoms with E-state index in [0.29, 0.717) is 39.6 Å². The number of ether oxygens (including phenoxy) is 1. The fraction of sp³-hybridized carbons (Fsp3) is 0.227. The van der Waals surface area contributed by atoms with Crippen molar-refractivity contribution in [1.29, 1.82) is 0 Å². The van der Waals surface area contributed by atoms with Crippen LogP contribution in [0.4, 0.5) is 10.1 Å². The number of benzene rings is 2. The van der Waals surface area contributed by atoms with E-state index in [9.17, 15) is 14.0 Å². The monoisotopic (exact) mass is 461 g/mol. The molecule has 1 aliphatic rings. The van der Waals surface area contributed by atoms with Crippen molar-refractivity contribution in [3.05, 3.63) is 63.8 Å². The lowest BCUT2D eigenvalue weighted by Crippen LogP contribution is -2.28. The van der Waals surface area contributed by atoms with Gasteiger partial charge in [-0.2, -0.15) is 0 Å². The van der Waals surface area contributed by atoms with Crippen molar-refractivity contribution in [2.45, 2.75) is 13.8 Å². The van der Waals surface area contributed by atoms with E-state index >= 15 is 0 Å². The van der Waals surface area contributed by atoms with Gasteiger partial charge in [0.1, 0.15) is 11.6 Å². The number of amides is 2. The molecule has 1 heterocycles. The number of hydrogen-bond acceptors (Lipinski definition) is 5. The van der Waals surface area contributed by atoms with Crippen LogP contribution in [0.5, 0.6) is 5.75 Å². The molecule has 0 bridgehead atoms. The molecule has 0 radical (unpaired) electrons. The zero-order valence-electron chi connectivity index (χ0n) is 17.0. The lowest BCUT2D eigenvalue weighted by Gasteiger charge is -2.11. The standard InChI is InChI=1S/C22H21ClFN3O3S/c1-3-25-22-27(4-2)21(29)19(31-22)12-14-5-10-18(17(23)11-14)30-13-20(28)26-16-8-6-15(24)7-9-16/h5-12H,3-4,13H2,1-2H3,(H,26,28)/b19-12+,25-22?. The summed E-state index contributed by atoms with van der Waals surface area (Å²) in [7, 11) is 0. The largest absolute Gasteiger partial charge is 0.482 e. The molecule has 3 rings (SSSR count). The molecule has 0 unspecified atom stereocenters. The molecule has 9 heteroatoms. The van der Waals surface area contributed by atoms with E-state index in [1.807, 2.05) is 13.8 Å². The Kier molecular flexibility index (Phi) is 7.70. The molecule has 1 saturated heterocycles. The molecule has 0 aliphatic carbocycles. The third kappa shape index (κ3) is 5.86. The van der Waals surface area contributed by atoms with Gasteiger partial charge in [0.05, 0.1) is 9.93 Å². The highest BCUT2D eigenvalue weighted by atomic mass is 35.5. The molecule has 0 aromatic heterocycles. The van der Waals surface area contributed by atoms with E-state index in [2.05, 4.69) is 10.3 Å². The third-order valence-corrected chi connectivity index (χ3v) is 5.58. The van der Waals surface area contributed by atoms with E-state index in [4.69, 9.17) is 16.3 Å². The second-order valence-corrected chi connectivity index (χ2v) is 7.87. The number of likely N-dealkylation sites (N-methyl/N-ethyl adjacent to an activating group) is 1. The minimum Gasteiger partial charge on any atom is -0.482 e. The van der Waals surface area contributed by atoms with Crippen LogP contribution in [-0.2, 0) is 9.59 Å². The molecule has 0 spiro atoms. The van der Waals surface area contributed by atoms with Crippen LogP contribution in [0.15, 0.2) is 52.4 Å². The number of thioether (sulfide) groups is 1. The number of nitrogens with zero attached hydrogens (tertiary/aromatic N) is 2. The Morgan fingerprint density at radius 2 is 2.00 bits per heavy atom. The van der Waals surface area contributed by atoms with Crippen molar-refractivity contribution in [3.63, 3.8) is 0 Å². The van der Waals surface area contributed by atoms with Crippen LogP contribution in [0.1, 0.15) is 19.4 Å². The van der Waals surface area contributed by atoms with E-state index in [1.165, 1.54) is 36.0 Å². The Bertz CT molecular complexity index is 1040. The van der Waals surface area contributed by atoms with Gasteiger partial charge < -0.3 is 10.1 Å². The third-order valence-electron chi connectivity index (χ3n) is 4.24. The SMILES string of the molecule is CCN=C1S/C(=C/c2ccc(OCC(=O)Nc3ccc(F)cc3)c(Cl)c2)C(=O)N1CC. The van der Waals surface area contributed by atoms with Crippen LogP contribution in [0, 0.1) is 5.82 Å². The summed E-state index contributed by atoms with van der Waals surface area (Å²) in [6.45, 7) is 4.73. The van der Waals surface area contributed by atoms with Crippen LogP contribution in [0.3, 0.4) is 0 Å². The molecule has 1 fully saturated rings. The Balaban J connectivity index is 1.64. The number of amidine groups is 1. The fourth-order valence-electron chi connectivity index (χ4n) is 2.79. The minimum absolute atomic E-state index is 0.0892. The molecule has 2 amide bonds. The van der Waals surface area contributed by atoms with Gasteiger partial charge in [-0.25, -0.2) is 4.39 Å². The molecule has 1 aliphatic heterocycles. The van der Waals surface area contributed by atoms with Gasteiger partial charge in [0.25, 0.3) is 11.8 Å². The van der Waals surface area contributed by atoms with Crippen molar-refractivity contribution in [2.75, 3.05) is 25.0 Å². The maximum Gasteiger partial charge on any atom is 0.266 e. The predicted octanol–water partition coefficient (Wildman–Crippen LogP) is 4.81. The highest BCUT2D eigenvalue weighted by Crippen LogP contribution is 2.33. The van der Waals surface area contributed by atoms with Gasteiger partial charge in [-0.05, 0) is 73.6 Å². The Labute approximate surface area is 189 Å². The summed E-state index contributed by atoms with van der Waals surface area (Å²) in [5, 5.41) is 3.62. The fourth-order valence-corrected chi connectivity index (χ4v) is 4.14. The van der Waals surface area contributed by atoms with E-state index in [0.717, 1.165) is 5.56 Å². The van der Waals surface area contributed by atoms with Gasteiger partial charge >= 0.3 is 0 Å². The number of carbonyl (C=O) groups excluding carboxylic acids is 2. The summed E-state index contributed by atoms with van der Waals surface area (Å²) in [6, 6.07) is 10.5. The second kappa shape index (κ2) is 10.5. The predicted molar refractivity (Wildman–Crippen MR) is 123 cm³/mol. The molecule has 2 aromatic rings. The first kappa shape index (κ1) is 22.8. The number of hydrogen-bond donors (Lipinski definition) is 1. The number of rotatable bonds is 7. The Hall–Kier alpha value is -2.84. The first-order chi connectivity index (χ1) is 14.9. The number of halogens is 2. The average Bonchev–Trinajstić information content (AvgIpc) is 3.03. The highest BCUT2D eigenvalue weighted by molar-refractivity contribution is 8.18. The van der Waals surface area contributed by atoms with E-state index < -0.39 is 5.91 Å². The smallest absolute Gasteiger partial charge is 0.266 e. The maximum absolute atomic E-state index is 12.9. The van der Waals surface area contributed by atoms with Crippen LogP contribution in [-0.4, -0.2) is 41.6 Å². The van der Waals surface area contributed by atoms with Gasteiger partial charge in [0.2, 0.25) is 0 Å². The first-order valence-electron chi connectivity index (χ1n) is 9.65. The van der Waals surface area contributed by atoms with Crippen LogP contribution >= 0.6 is 23.4 Å². The van der Waals surface area contributed by atoms with E-state index in [1.54, 1.807) is 29.2 Å². The van der Waals surface area contributed by atoms with Crippen molar-refractivity contribution >= 4 is 52.1 Å². The lowest BCUT2D eigenvalue weighted by atomic mass is 10.2. The molecule has 162 valence electrons. The summed E-state index contributed by atoms with van der Waals surface area (Å²) < 4.78 is 18.4. The number of nitrogens with one attached hydrogen (secondary N) is 1. The quantitative estimate of drug-likeness (QED) is 0.601. The Morgan fingerprint density at radius 3 is 2.65 bits per heavy atom. The van der Waals surface area contributed by atoms with E-state index in [-0.39, 0.29) is 18.3 Å². The number of carbonyl (C=O) groups is 2. The summed E-state index contributed by atoms with van der Waals surface area (Å²) in [4.78, 5) is 31.1. The maximum atomic E-state index is 12.9. The van der Waals surface area contributed by atoms with Gasteiger partial charge in [0.15, 0.2) is 11.8 Å². The number of aliphatic imine (C=N–C) groups is 1. The van der Waals surface area contributed by atoms with Crippen molar-refractivity contribution in [2.24, 2.45) is 4.99 Å². The van der Waals surface area contributed by atoms with Crippen molar-refractivity contribution in [1.82, 2.24) is 4.90 Å². The highest BCUT2D eigenvalue weighted by Gasteiger charge is 2.31. The molecule has 0 saturated carbocycles. The van der Waals surface area contributed by atoms with Gasteiger partial charge in [-0.3, -0.25) is 19.5 Å². The van der Waals surface area contributed by atoms with Crippen LogP contribution in [0.2, 0.25) is 5.02 Å². The van der Waals surface area contributed by atoms with Crippen molar-refractivity contribution < 1.29 is 18.7 Å². The zero-order valence-corrected chi connectivity index (χ0v) is 18.6. The summed E-state index contributed by atoms with van der Waals surface area (Å²) >= 11 is 7.63. The molecule has 2 aromatic carbocycles.